The van der Waals surface area contributed by atoms with Crippen molar-refractivity contribution in [2.75, 3.05) is 30.9 Å². The van der Waals surface area contributed by atoms with Gasteiger partial charge in [-0.1, -0.05) is 12.1 Å². The zero-order valence-corrected chi connectivity index (χ0v) is 28.9. The van der Waals surface area contributed by atoms with Crippen molar-refractivity contribution in [2.45, 2.75) is 75.8 Å². The van der Waals surface area contributed by atoms with Crippen molar-refractivity contribution in [1.29, 1.82) is 0 Å². The van der Waals surface area contributed by atoms with Gasteiger partial charge in [0.25, 0.3) is 0 Å². The number of nitrogens with two attached hydrogens (primary N) is 1. The fourth-order valence-corrected chi connectivity index (χ4v) is 6.92. The van der Waals surface area contributed by atoms with Crippen molar-refractivity contribution in [3.63, 3.8) is 0 Å². The Morgan fingerprint density at radius 3 is 2.38 bits per heavy atom. The van der Waals surface area contributed by atoms with E-state index >= 15 is 0 Å². The van der Waals surface area contributed by atoms with Crippen molar-refractivity contribution in [3.8, 4) is 11.5 Å². The monoisotopic (exact) mass is 680 g/mol. The lowest BCUT2D eigenvalue weighted by Gasteiger charge is -2.32. The van der Waals surface area contributed by atoms with Gasteiger partial charge in [0, 0.05) is 23.5 Å². The first-order valence-corrected chi connectivity index (χ1v) is 17.4. The Morgan fingerprint density at radius 1 is 0.979 bits per heavy atom. The lowest BCUT2D eigenvalue weighted by molar-refractivity contribution is -0.133. The molecule has 3 aromatic carbocycles. The summed E-state index contributed by atoms with van der Waals surface area (Å²) < 4.78 is 43.7. The van der Waals surface area contributed by atoms with E-state index in [2.05, 4.69) is 10.6 Å². The van der Waals surface area contributed by atoms with Crippen LogP contribution < -0.4 is 25.8 Å². The first-order chi connectivity index (χ1) is 22.8. The van der Waals surface area contributed by atoms with Crippen molar-refractivity contribution >= 4 is 39.1 Å². The van der Waals surface area contributed by atoms with Crippen molar-refractivity contribution in [3.05, 3.63) is 77.4 Å². The van der Waals surface area contributed by atoms with Crippen LogP contribution in [0.3, 0.4) is 0 Å². The number of rotatable bonds is 13. The molecule has 0 saturated carbocycles. The average molecular weight is 681 g/mol. The molecule has 12 nitrogen and oxygen atoms in total. The predicted octanol–water partition coefficient (Wildman–Crippen LogP) is 5.85. The third kappa shape index (κ3) is 8.19. The van der Waals surface area contributed by atoms with Gasteiger partial charge in [-0.05, 0) is 107 Å². The number of anilines is 2. The second-order valence-electron chi connectivity index (χ2n) is 12.0. The Labute approximate surface area is 281 Å². The molecule has 4 rings (SSSR count). The number of benzene rings is 3. The Hall–Kier alpha value is -4.78. The molecule has 1 aliphatic rings. The highest BCUT2D eigenvalue weighted by Crippen LogP contribution is 2.41. The maximum Gasteiger partial charge on any atom is 0.411 e. The van der Waals surface area contributed by atoms with Crippen molar-refractivity contribution in [2.24, 2.45) is 5.73 Å². The number of methoxy groups -OCH3 is 1. The van der Waals surface area contributed by atoms with E-state index in [0.29, 0.717) is 60.0 Å². The molecule has 0 bridgehead atoms. The van der Waals surface area contributed by atoms with Gasteiger partial charge in [-0.2, -0.15) is 0 Å². The summed E-state index contributed by atoms with van der Waals surface area (Å²) in [7, 11) is -2.55. The van der Waals surface area contributed by atoms with Crippen LogP contribution in [-0.2, 0) is 19.4 Å². The number of primary amides is 1. The molecule has 1 saturated heterocycles. The smallest absolute Gasteiger partial charge is 0.411 e. The van der Waals surface area contributed by atoms with E-state index < -0.39 is 39.2 Å². The molecule has 0 spiro atoms. The number of nitrogens with zero attached hydrogens (tertiary/aromatic N) is 1. The summed E-state index contributed by atoms with van der Waals surface area (Å²) in [6, 6.07) is 14.7. The first-order valence-electron chi connectivity index (χ1n) is 15.9. The topological polar surface area (TPSA) is 166 Å². The van der Waals surface area contributed by atoms with Crippen LogP contribution >= 0.6 is 0 Å². The molecule has 0 radical (unpaired) electrons. The van der Waals surface area contributed by atoms with Gasteiger partial charge in [0.1, 0.15) is 6.04 Å². The third-order valence-corrected chi connectivity index (χ3v) is 10.2. The molecule has 0 aromatic heterocycles. The van der Waals surface area contributed by atoms with E-state index in [1.54, 1.807) is 67.3 Å². The largest absolute Gasteiger partial charge is 0.490 e. The minimum atomic E-state index is -3.78. The first kappa shape index (κ1) is 36.1. The Balaban J connectivity index is 1.84. The van der Waals surface area contributed by atoms with Gasteiger partial charge in [0.15, 0.2) is 21.3 Å². The maximum atomic E-state index is 14.7. The van der Waals surface area contributed by atoms with Gasteiger partial charge >= 0.3 is 6.09 Å². The molecule has 1 heterocycles. The molecule has 4 N–H and O–H groups in total. The van der Waals surface area contributed by atoms with Gasteiger partial charge in [0.05, 0.1) is 36.0 Å². The molecule has 1 fully saturated rings. The highest BCUT2D eigenvalue weighted by molar-refractivity contribution is 7.92. The molecule has 1 aliphatic heterocycles. The lowest BCUT2D eigenvalue weighted by Crippen LogP contribution is -2.38. The molecular formula is C35H44N4O8S. The highest BCUT2D eigenvalue weighted by Gasteiger charge is 2.38. The summed E-state index contributed by atoms with van der Waals surface area (Å²) in [6.45, 7) is 9.57. The van der Waals surface area contributed by atoms with Crippen LogP contribution in [0.4, 0.5) is 16.2 Å². The van der Waals surface area contributed by atoms with Gasteiger partial charge in [-0.25, -0.2) is 13.2 Å². The van der Waals surface area contributed by atoms with Gasteiger partial charge in [-0.15, -0.1) is 0 Å². The minimum absolute atomic E-state index is 0.0881. The second-order valence-corrected chi connectivity index (χ2v) is 14.5. The van der Waals surface area contributed by atoms with Crippen LogP contribution in [0.15, 0.2) is 65.6 Å². The van der Waals surface area contributed by atoms with Crippen molar-refractivity contribution < 1.29 is 37.0 Å². The number of carbonyl (C=O) groups is 3. The van der Waals surface area contributed by atoms with E-state index in [4.69, 9.17) is 19.9 Å². The maximum absolute atomic E-state index is 14.7. The van der Waals surface area contributed by atoms with E-state index in [1.165, 1.54) is 19.2 Å². The van der Waals surface area contributed by atoms with Crippen molar-refractivity contribution in [1.82, 2.24) is 4.90 Å². The van der Waals surface area contributed by atoms with E-state index in [0.717, 1.165) is 0 Å². The number of hydrogen-bond acceptors (Lipinski definition) is 9. The van der Waals surface area contributed by atoms with Crippen LogP contribution in [0.25, 0.3) is 0 Å². The fourth-order valence-electron chi connectivity index (χ4n) is 5.63. The van der Waals surface area contributed by atoms with Crippen LogP contribution in [0.5, 0.6) is 11.5 Å². The Morgan fingerprint density at radius 2 is 1.73 bits per heavy atom. The summed E-state index contributed by atoms with van der Waals surface area (Å²) in [5, 5.41) is 5.17. The molecule has 48 heavy (non-hydrogen) atoms. The van der Waals surface area contributed by atoms with E-state index in [9.17, 15) is 22.8 Å². The molecule has 0 aliphatic carbocycles. The van der Waals surface area contributed by atoms with Gasteiger partial charge in [0.2, 0.25) is 11.8 Å². The SMILES string of the molecule is CCOc1cc([C@@H](Nc2cccc(C(N)=O)c2)C(=O)N2CCCC2c2cc(NC(=O)OC)ccc2S(=O)(=O)C(C)C)ccc1OC(C)C. The minimum Gasteiger partial charge on any atom is -0.490 e. The Bertz CT molecular complexity index is 1760. The molecule has 1 unspecified atom stereocenters. The normalized spacial score (nSPS) is 15.2. The standard InChI is InChI=1S/C35H44N4O8S/c1-7-46-30-19-23(13-15-29(30)47-21(2)3)32(37-25-11-8-10-24(18-25)33(36)40)34(41)39-17-9-12-28(39)27-20-26(38-35(42)45-6)14-16-31(27)48(43,44)22(4)5/h8,10-11,13-16,18-22,28,32,37H,7,9,12,17H2,1-6H3,(H2,36,40)(H,38,42)/t28?,32-/m1/s1. The Kier molecular flexibility index (Phi) is 11.6. The summed E-state index contributed by atoms with van der Waals surface area (Å²) in [6.07, 6.45) is 0.274. The zero-order valence-electron chi connectivity index (χ0n) is 28.1. The fraction of sp³-hybridized carbons (Fsp3) is 0.400. The van der Waals surface area contributed by atoms with Crippen LogP contribution in [0.2, 0.25) is 0 Å². The number of carbonyl (C=O) groups excluding carboxylic acids is 3. The zero-order chi connectivity index (χ0) is 35.2. The number of amides is 3. The molecule has 3 aromatic rings. The summed E-state index contributed by atoms with van der Waals surface area (Å²) in [5.74, 6) is 0.0320. The number of ether oxygens (including phenoxy) is 3. The highest BCUT2D eigenvalue weighted by atomic mass is 32.2. The summed E-state index contributed by atoms with van der Waals surface area (Å²) in [4.78, 5) is 40.5. The summed E-state index contributed by atoms with van der Waals surface area (Å²) in [5.41, 5.74) is 7.58. The molecule has 258 valence electrons. The summed E-state index contributed by atoms with van der Waals surface area (Å²) >= 11 is 0. The van der Waals surface area contributed by atoms with Crippen LogP contribution in [0, 0.1) is 0 Å². The number of nitrogens with one attached hydrogen (secondary N) is 2. The molecule has 3 amide bonds. The second kappa shape index (κ2) is 15.4. The average Bonchev–Trinajstić information content (AvgIpc) is 3.54. The van der Waals surface area contributed by atoms with E-state index in [1.807, 2.05) is 20.8 Å². The van der Waals surface area contributed by atoms with Gasteiger partial charge < -0.3 is 30.2 Å². The number of likely N-dealkylation sites (tertiary alicyclic amines) is 1. The van der Waals surface area contributed by atoms with Gasteiger partial charge in [-0.3, -0.25) is 14.9 Å². The quantitative estimate of drug-likeness (QED) is 0.201. The van der Waals surface area contributed by atoms with Crippen LogP contribution in [-0.4, -0.2) is 62.8 Å². The third-order valence-electron chi connectivity index (χ3n) is 7.93. The molecule has 13 heteroatoms. The molecule has 2 atom stereocenters. The number of sulfone groups is 1. The van der Waals surface area contributed by atoms with E-state index in [-0.39, 0.29) is 22.5 Å². The molecular weight excluding hydrogens is 636 g/mol. The van der Waals surface area contributed by atoms with Crippen LogP contribution in [0.1, 0.15) is 81.0 Å². The lowest BCUT2D eigenvalue weighted by atomic mass is 10.0. The predicted molar refractivity (Wildman–Crippen MR) is 183 cm³/mol. The number of hydrogen-bond donors (Lipinski definition) is 3.